The van der Waals surface area contributed by atoms with Crippen molar-refractivity contribution >= 4 is 5.91 Å². The number of nitrogens with one attached hydrogen (secondary N) is 1. The topological polar surface area (TPSA) is 50.2 Å². The molecule has 2 fully saturated rings. The van der Waals surface area contributed by atoms with Gasteiger partial charge in [-0.15, -0.1) is 0 Å². The average molecular weight is 276 g/mol. The predicted molar refractivity (Wildman–Crippen MR) is 77.7 cm³/mol. The summed E-state index contributed by atoms with van der Waals surface area (Å²) in [5.74, 6) is 0.108. The largest absolute Gasteiger partial charge is 0.334 e. The molecule has 1 aromatic heterocycles. The Balaban J connectivity index is 1.69. The maximum Gasteiger partial charge on any atom is 0.274 e. The number of hydrogen-bond donors (Lipinski definition) is 1. The van der Waals surface area contributed by atoms with E-state index < -0.39 is 0 Å². The first kappa shape index (κ1) is 13.6. The minimum Gasteiger partial charge on any atom is -0.334 e. The van der Waals surface area contributed by atoms with Crippen LogP contribution in [0.5, 0.6) is 0 Å². The number of hydrogen-bond acceptors (Lipinski definition) is 3. The SMILES string of the molecule is CCCN(C(=O)c1ccn(C2CCCNC2)n1)C1CC1. The molecule has 1 saturated carbocycles. The van der Waals surface area contributed by atoms with Crippen molar-refractivity contribution < 1.29 is 4.79 Å². The van der Waals surface area contributed by atoms with E-state index in [1.165, 1.54) is 6.42 Å². The third-order valence-corrected chi connectivity index (χ3v) is 4.19. The highest BCUT2D eigenvalue weighted by Gasteiger charge is 2.33. The minimum atomic E-state index is 0.108. The van der Waals surface area contributed by atoms with Crippen molar-refractivity contribution in [2.24, 2.45) is 0 Å². The summed E-state index contributed by atoms with van der Waals surface area (Å²) >= 11 is 0. The fourth-order valence-electron chi connectivity index (χ4n) is 2.94. The van der Waals surface area contributed by atoms with Gasteiger partial charge in [0, 0.05) is 25.3 Å². The first-order valence-corrected chi connectivity index (χ1v) is 7.86. The van der Waals surface area contributed by atoms with E-state index in [0.717, 1.165) is 45.3 Å². The van der Waals surface area contributed by atoms with Crippen LogP contribution in [0.1, 0.15) is 55.6 Å². The molecule has 110 valence electrons. The van der Waals surface area contributed by atoms with Crippen molar-refractivity contribution in [2.45, 2.75) is 51.1 Å². The number of nitrogens with zero attached hydrogens (tertiary/aromatic N) is 3. The molecule has 1 aromatic rings. The summed E-state index contributed by atoms with van der Waals surface area (Å²) in [5.41, 5.74) is 0.607. The van der Waals surface area contributed by atoms with Gasteiger partial charge in [-0.2, -0.15) is 5.10 Å². The Morgan fingerprint density at radius 3 is 3.00 bits per heavy atom. The fourth-order valence-corrected chi connectivity index (χ4v) is 2.94. The van der Waals surface area contributed by atoms with Crippen LogP contribution >= 0.6 is 0 Å². The van der Waals surface area contributed by atoms with Crippen molar-refractivity contribution in [3.05, 3.63) is 18.0 Å². The van der Waals surface area contributed by atoms with Crippen LogP contribution in [0.3, 0.4) is 0 Å². The Labute approximate surface area is 120 Å². The standard InChI is InChI=1S/C15H24N4O/c1-2-9-18(12-5-6-12)15(20)14-7-10-19(17-14)13-4-3-8-16-11-13/h7,10,12-13,16H,2-6,8-9,11H2,1H3. The van der Waals surface area contributed by atoms with Crippen LogP contribution in [0.25, 0.3) is 0 Å². The lowest BCUT2D eigenvalue weighted by molar-refractivity contribution is 0.0735. The van der Waals surface area contributed by atoms with Gasteiger partial charge in [0.25, 0.3) is 5.91 Å². The first-order chi connectivity index (χ1) is 9.79. The molecule has 1 atom stereocenters. The van der Waals surface area contributed by atoms with Gasteiger partial charge in [0.2, 0.25) is 0 Å². The van der Waals surface area contributed by atoms with Gasteiger partial charge in [-0.25, -0.2) is 0 Å². The molecule has 0 bridgehead atoms. The van der Waals surface area contributed by atoms with Crippen molar-refractivity contribution in [1.82, 2.24) is 20.0 Å². The van der Waals surface area contributed by atoms with E-state index in [9.17, 15) is 4.79 Å². The zero-order valence-corrected chi connectivity index (χ0v) is 12.2. The highest BCUT2D eigenvalue weighted by Crippen LogP contribution is 2.28. The third kappa shape index (κ3) is 2.87. The molecular formula is C15H24N4O. The van der Waals surface area contributed by atoms with Gasteiger partial charge in [-0.3, -0.25) is 9.48 Å². The molecule has 0 radical (unpaired) electrons. The average Bonchev–Trinajstić information content (AvgIpc) is 3.21. The van der Waals surface area contributed by atoms with E-state index in [1.807, 2.05) is 21.8 Å². The normalized spacial score (nSPS) is 22.8. The summed E-state index contributed by atoms with van der Waals surface area (Å²) in [6.45, 7) is 5.02. The highest BCUT2D eigenvalue weighted by atomic mass is 16.2. The van der Waals surface area contributed by atoms with Gasteiger partial charge in [0.05, 0.1) is 6.04 Å². The van der Waals surface area contributed by atoms with E-state index in [2.05, 4.69) is 17.3 Å². The molecule has 20 heavy (non-hydrogen) atoms. The number of amides is 1. The zero-order valence-electron chi connectivity index (χ0n) is 12.2. The lowest BCUT2D eigenvalue weighted by atomic mass is 10.1. The lowest BCUT2D eigenvalue weighted by Gasteiger charge is -2.23. The van der Waals surface area contributed by atoms with Crippen LogP contribution in [0, 0.1) is 0 Å². The summed E-state index contributed by atoms with van der Waals surface area (Å²) in [6.07, 6.45) is 7.59. The molecule has 2 heterocycles. The molecule has 1 saturated heterocycles. The lowest BCUT2D eigenvalue weighted by Crippen LogP contribution is -2.35. The molecule has 3 rings (SSSR count). The van der Waals surface area contributed by atoms with E-state index in [0.29, 0.717) is 17.8 Å². The van der Waals surface area contributed by atoms with Gasteiger partial charge in [-0.05, 0) is 44.7 Å². The Morgan fingerprint density at radius 2 is 2.35 bits per heavy atom. The predicted octanol–water partition coefficient (Wildman–Crippen LogP) is 1.82. The second-order valence-electron chi connectivity index (χ2n) is 5.91. The maximum absolute atomic E-state index is 12.5. The molecule has 1 N–H and O–H groups in total. The van der Waals surface area contributed by atoms with Gasteiger partial charge in [0.15, 0.2) is 0 Å². The number of rotatable bonds is 5. The Bertz CT molecular complexity index is 460. The second-order valence-corrected chi connectivity index (χ2v) is 5.91. The maximum atomic E-state index is 12.5. The molecule has 1 aliphatic carbocycles. The van der Waals surface area contributed by atoms with Gasteiger partial charge in [0.1, 0.15) is 5.69 Å². The second kappa shape index (κ2) is 5.95. The molecule has 1 amide bonds. The third-order valence-electron chi connectivity index (χ3n) is 4.19. The summed E-state index contributed by atoms with van der Waals surface area (Å²) in [6, 6.07) is 2.73. The van der Waals surface area contributed by atoms with Gasteiger partial charge in [-0.1, -0.05) is 6.92 Å². The zero-order chi connectivity index (χ0) is 13.9. The van der Waals surface area contributed by atoms with E-state index in [1.54, 1.807) is 0 Å². The Hall–Kier alpha value is -1.36. The van der Waals surface area contributed by atoms with Crippen LogP contribution < -0.4 is 5.32 Å². The summed E-state index contributed by atoms with van der Waals surface area (Å²) in [7, 11) is 0. The molecular weight excluding hydrogens is 252 g/mol. The number of carbonyl (C=O) groups is 1. The highest BCUT2D eigenvalue weighted by molar-refractivity contribution is 5.92. The van der Waals surface area contributed by atoms with Crippen LogP contribution in [0.2, 0.25) is 0 Å². The molecule has 0 aromatic carbocycles. The van der Waals surface area contributed by atoms with Crippen LogP contribution in [0.15, 0.2) is 12.3 Å². The van der Waals surface area contributed by atoms with Crippen molar-refractivity contribution in [3.8, 4) is 0 Å². The molecule has 1 unspecified atom stereocenters. The summed E-state index contributed by atoms with van der Waals surface area (Å²) < 4.78 is 1.97. The fraction of sp³-hybridized carbons (Fsp3) is 0.733. The molecule has 5 heteroatoms. The van der Waals surface area contributed by atoms with E-state index >= 15 is 0 Å². The smallest absolute Gasteiger partial charge is 0.274 e. The first-order valence-electron chi connectivity index (χ1n) is 7.86. The van der Waals surface area contributed by atoms with Crippen molar-refractivity contribution in [3.63, 3.8) is 0 Å². The van der Waals surface area contributed by atoms with Crippen molar-refractivity contribution in [1.29, 1.82) is 0 Å². The summed E-state index contributed by atoms with van der Waals surface area (Å²) in [4.78, 5) is 14.6. The van der Waals surface area contributed by atoms with Crippen LogP contribution in [0.4, 0.5) is 0 Å². The minimum absolute atomic E-state index is 0.108. The van der Waals surface area contributed by atoms with Gasteiger partial charge >= 0.3 is 0 Å². The number of carbonyl (C=O) groups excluding carboxylic acids is 1. The summed E-state index contributed by atoms with van der Waals surface area (Å²) in [5, 5.41) is 7.92. The number of piperidine rings is 1. The Morgan fingerprint density at radius 1 is 1.50 bits per heavy atom. The van der Waals surface area contributed by atoms with Crippen LogP contribution in [-0.2, 0) is 0 Å². The number of aromatic nitrogens is 2. The monoisotopic (exact) mass is 276 g/mol. The van der Waals surface area contributed by atoms with E-state index in [4.69, 9.17) is 0 Å². The Kier molecular flexibility index (Phi) is 4.05. The molecule has 1 aliphatic heterocycles. The van der Waals surface area contributed by atoms with Crippen molar-refractivity contribution in [2.75, 3.05) is 19.6 Å². The van der Waals surface area contributed by atoms with Gasteiger partial charge < -0.3 is 10.2 Å². The molecule has 2 aliphatic rings. The van der Waals surface area contributed by atoms with Crippen LogP contribution in [-0.4, -0.2) is 46.3 Å². The quantitative estimate of drug-likeness (QED) is 0.892. The molecule has 5 nitrogen and oxygen atoms in total. The van der Waals surface area contributed by atoms with E-state index in [-0.39, 0.29) is 5.91 Å². The molecule has 0 spiro atoms.